The van der Waals surface area contributed by atoms with E-state index in [1.807, 2.05) is 19.1 Å². The number of anilines is 1. The summed E-state index contributed by atoms with van der Waals surface area (Å²) in [5.41, 5.74) is 2.15. The summed E-state index contributed by atoms with van der Waals surface area (Å²) in [5, 5.41) is 9.82. The minimum atomic E-state index is -1.10. The zero-order valence-corrected chi connectivity index (χ0v) is 16.5. The van der Waals surface area contributed by atoms with E-state index >= 15 is 0 Å². The van der Waals surface area contributed by atoms with Crippen LogP contribution in [-0.2, 0) is 22.6 Å². The van der Waals surface area contributed by atoms with Gasteiger partial charge in [0.25, 0.3) is 5.91 Å². The molecule has 0 bridgehead atoms. The number of hydrogen-bond donors (Lipinski definition) is 1. The van der Waals surface area contributed by atoms with E-state index in [9.17, 15) is 19.1 Å². The van der Waals surface area contributed by atoms with Crippen molar-refractivity contribution in [2.75, 3.05) is 4.90 Å². The average molecular weight is 414 g/mol. The van der Waals surface area contributed by atoms with Crippen molar-refractivity contribution in [2.24, 2.45) is 0 Å². The molecule has 0 fully saturated rings. The fraction of sp³-hybridized carbons (Fsp3) is 0.286. The number of para-hydroxylation sites is 1. The number of halogens is 1. The number of thiazole rings is 1. The second-order valence-electron chi connectivity index (χ2n) is 6.86. The normalized spacial score (nSPS) is 16.0. The zero-order chi connectivity index (χ0) is 20.5. The molecule has 0 spiro atoms. The van der Waals surface area contributed by atoms with Crippen molar-refractivity contribution in [3.8, 4) is 5.75 Å². The van der Waals surface area contributed by atoms with E-state index in [1.54, 1.807) is 17.0 Å². The number of nitrogens with zero attached hydrogens (tertiary/aromatic N) is 2. The van der Waals surface area contributed by atoms with Gasteiger partial charge < -0.3 is 9.84 Å². The largest absolute Gasteiger partial charge is 0.481 e. The van der Waals surface area contributed by atoms with Crippen LogP contribution < -0.4 is 9.64 Å². The zero-order valence-electron chi connectivity index (χ0n) is 15.7. The van der Waals surface area contributed by atoms with Crippen LogP contribution in [0.25, 0.3) is 10.2 Å². The molecule has 1 amide bonds. The molecular formula is C21H19FN2O4S. The maximum Gasteiger partial charge on any atom is 0.307 e. The molecule has 0 saturated carbocycles. The Morgan fingerprint density at radius 1 is 1.34 bits per heavy atom. The highest BCUT2D eigenvalue weighted by Gasteiger charge is 2.37. The van der Waals surface area contributed by atoms with Crippen LogP contribution in [0.3, 0.4) is 0 Å². The number of fused-ring (bicyclic) bond motifs is 2. The first-order valence-electron chi connectivity index (χ1n) is 9.33. The predicted molar refractivity (Wildman–Crippen MR) is 108 cm³/mol. The van der Waals surface area contributed by atoms with E-state index in [4.69, 9.17) is 4.74 Å². The molecule has 1 aliphatic heterocycles. The molecular weight excluding hydrogens is 395 g/mol. The van der Waals surface area contributed by atoms with Crippen molar-refractivity contribution in [1.82, 2.24) is 4.98 Å². The van der Waals surface area contributed by atoms with E-state index in [1.165, 1.54) is 23.5 Å². The molecule has 4 rings (SSSR count). The molecule has 8 heteroatoms. The summed E-state index contributed by atoms with van der Waals surface area (Å²) in [6, 6.07) is 9.93. The number of carboxylic acids is 1. The molecule has 29 heavy (non-hydrogen) atoms. The van der Waals surface area contributed by atoms with E-state index in [-0.39, 0.29) is 12.4 Å². The molecule has 150 valence electrons. The Morgan fingerprint density at radius 3 is 2.93 bits per heavy atom. The van der Waals surface area contributed by atoms with Crippen LogP contribution in [0.1, 0.15) is 30.3 Å². The standard InChI is InChI=1S/C21H19FN2O4S/c1-2-4-12-5-3-6-15-20(12)24(21(27)16(28-15)10-19(25)26)11-18-23-14-9-13(22)7-8-17(14)29-18/h3,5-9,16H,2,4,10-11H2,1H3,(H,25,26). The van der Waals surface area contributed by atoms with E-state index in [2.05, 4.69) is 4.98 Å². The molecule has 1 N–H and O–H groups in total. The summed E-state index contributed by atoms with van der Waals surface area (Å²) < 4.78 is 20.1. The first-order valence-corrected chi connectivity index (χ1v) is 10.1. The maximum atomic E-state index is 13.5. The van der Waals surface area contributed by atoms with Gasteiger partial charge in [0, 0.05) is 6.07 Å². The van der Waals surface area contributed by atoms with Gasteiger partial charge in [0.05, 0.1) is 28.9 Å². The van der Waals surface area contributed by atoms with Crippen LogP contribution >= 0.6 is 11.3 Å². The molecule has 6 nitrogen and oxygen atoms in total. The number of ether oxygens (including phenoxy) is 1. The van der Waals surface area contributed by atoms with Crippen LogP contribution in [0.5, 0.6) is 5.75 Å². The van der Waals surface area contributed by atoms with Gasteiger partial charge in [-0.2, -0.15) is 0 Å². The summed E-state index contributed by atoms with van der Waals surface area (Å²) in [6.45, 7) is 2.22. The number of aliphatic carboxylic acids is 1. The lowest BCUT2D eigenvalue weighted by Crippen LogP contribution is -2.46. The number of carbonyl (C=O) groups excluding carboxylic acids is 1. The topological polar surface area (TPSA) is 79.7 Å². The molecule has 2 heterocycles. The van der Waals surface area contributed by atoms with Gasteiger partial charge in [-0.25, -0.2) is 9.37 Å². The van der Waals surface area contributed by atoms with Crippen LogP contribution in [0.4, 0.5) is 10.1 Å². The highest BCUT2D eigenvalue weighted by atomic mass is 32.1. The predicted octanol–water partition coefficient (Wildman–Crippen LogP) is 4.16. The number of benzene rings is 2. The second-order valence-corrected chi connectivity index (χ2v) is 7.98. The summed E-state index contributed by atoms with van der Waals surface area (Å²) >= 11 is 1.38. The number of carboxylic acid groups (broad SMARTS) is 1. The number of aryl methyl sites for hydroxylation is 1. The molecule has 0 aliphatic carbocycles. The Labute approximate surface area is 170 Å². The maximum absolute atomic E-state index is 13.5. The number of aromatic nitrogens is 1. The summed E-state index contributed by atoms with van der Waals surface area (Å²) in [6.07, 6.45) is 0.129. The first kappa shape index (κ1) is 19.3. The smallest absolute Gasteiger partial charge is 0.307 e. The molecule has 0 saturated heterocycles. The Morgan fingerprint density at radius 2 is 2.17 bits per heavy atom. The van der Waals surface area contributed by atoms with E-state index < -0.39 is 24.4 Å². The summed E-state index contributed by atoms with van der Waals surface area (Å²) in [4.78, 5) is 30.3. The Kier molecular flexibility index (Phi) is 5.19. The monoisotopic (exact) mass is 414 g/mol. The average Bonchev–Trinajstić information content (AvgIpc) is 3.06. The van der Waals surface area contributed by atoms with Crippen LogP contribution in [0.2, 0.25) is 0 Å². The quantitative estimate of drug-likeness (QED) is 0.655. The number of hydrogen-bond acceptors (Lipinski definition) is 5. The third-order valence-electron chi connectivity index (χ3n) is 4.73. The minimum Gasteiger partial charge on any atom is -0.481 e. The molecule has 1 aromatic heterocycles. The van der Waals surface area contributed by atoms with Crippen LogP contribution in [0, 0.1) is 5.82 Å². The molecule has 3 aromatic rings. The second kappa shape index (κ2) is 7.79. The van der Waals surface area contributed by atoms with Crippen molar-refractivity contribution in [2.45, 2.75) is 38.8 Å². The lowest BCUT2D eigenvalue weighted by Gasteiger charge is -2.35. The van der Waals surface area contributed by atoms with Gasteiger partial charge in [0.1, 0.15) is 16.6 Å². The number of rotatable bonds is 6. The first-order chi connectivity index (χ1) is 14.0. The van der Waals surface area contributed by atoms with Gasteiger partial charge in [-0.3, -0.25) is 14.5 Å². The molecule has 2 aromatic carbocycles. The van der Waals surface area contributed by atoms with Gasteiger partial charge in [-0.1, -0.05) is 25.5 Å². The van der Waals surface area contributed by atoms with Crippen molar-refractivity contribution in [3.63, 3.8) is 0 Å². The third-order valence-corrected chi connectivity index (χ3v) is 5.75. The Hall–Kier alpha value is -3.00. The highest BCUT2D eigenvalue weighted by Crippen LogP contribution is 2.40. The summed E-state index contributed by atoms with van der Waals surface area (Å²) in [5.74, 6) is -1.39. The lowest BCUT2D eigenvalue weighted by atomic mass is 10.0. The van der Waals surface area contributed by atoms with Crippen molar-refractivity contribution < 1.29 is 23.8 Å². The lowest BCUT2D eigenvalue weighted by molar-refractivity contribution is -0.142. The third kappa shape index (κ3) is 3.80. The van der Waals surface area contributed by atoms with Crippen molar-refractivity contribution >= 4 is 39.1 Å². The number of amides is 1. The van der Waals surface area contributed by atoms with E-state index in [0.29, 0.717) is 22.0 Å². The molecule has 1 aliphatic rings. The fourth-order valence-electron chi connectivity index (χ4n) is 3.52. The van der Waals surface area contributed by atoms with Crippen molar-refractivity contribution in [3.05, 3.63) is 52.8 Å². The molecule has 1 unspecified atom stereocenters. The van der Waals surface area contributed by atoms with Gasteiger partial charge in [-0.15, -0.1) is 11.3 Å². The SMILES string of the molecule is CCCc1cccc2c1N(Cc1nc3cc(F)ccc3s1)C(=O)C(CC(=O)O)O2. The fourth-order valence-corrected chi connectivity index (χ4v) is 4.46. The highest BCUT2D eigenvalue weighted by molar-refractivity contribution is 7.18. The van der Waals surface area contributed by atoms with Gasteiger partial charge in [-0.05, 0) is 30.2 Å². The molecule has 1 atom stereocenters. The minimum absolute atomic E-state index is 0.174. The van der Waals surface area contributed by atoms with Gasteiger partial charge in [0.15, 0.2) is 6.10 Å². The Balaban J connectivity index is 1.76. The molecule has 0 radical (unpaired) electrons. The van der Waals surface area contributed by atoms with Crippen LogP contribution in [0.15, 0.2) is 36.4 Å². The summed E-state index contributed by atoms with van der Waals surface area (Å²) in [7, 11) is 0. The van der Waals surface area contributed by atoms with Gasteiger partial charge >= 0.3 is 5.97 Å². The van der Waals surface area contributed by atoms with E-state index in [0.717, 1.165) is 23.1 Å². The van der Waals surface area contributed by atoms with Crippen molar-refractivity contribution in [1.29, 1.82) is 0 Å². The van der Waals surface area contributed by atoms with Crippen LogP contribution in [-0.4, -0.2) is 28.1 Å². The van der Waals surface area contributed by atoms with Gasteiger partial charge in [0.2, 0.25) is 0 Å². The Bertz CT molecular complexity index is 1100. The number of carbonyl (C=O) groups is 2.